The van der Waals surface area contributed by atoms with E-state index in [9.17, 15) is 13.2 Å². The van der Waals surface area contributed by atoms with Gasteiger partial charge in [0, 0.05) is 11.8 Å². The van der Waals surface area contributed by atoms with Crippen molar-refractivity contribution in [1.29, 1.82) is 0 Å². The van der Waals surface area contributed by atoms with Crippen molar-refractivity contribution in [1.82, 2.24) is 4.72 Å². The lowest BCUT2D eigenvalue weighted by molar-refractivity contribution is -0.117. The van der Waals surface area contributed by atoms with Gasteiger partial charge in [0.25, 0.3) is 0 Å². The molecular formula is C20H20N2O4S. The Bertz CT molecular complexity index is 1080. The minimum Gasteiger partial charge on any atom is -0.497 e. The molecule has 0 unspecified atom stereocenters. The summed E-state index contributed by atoms with van der Waals surface area (Å²) in [5.41, 5.74) is 0.524. The van der Waals surface area contributed by atoms with Crippen LogP contribution in [0.2, 0.25) is 0 Å². The number of fused-ring (bicyclic) bond motifs is 1. The van der Waals surface area contributed by atoms with Crippen LogP contribution in [0.3, 0.4) is 0 Å². The van der Waals surface area contributed by atoms with Crippen LogP contribution >= 0.6 is 0 Å². The summed E-state index contributed by atoms with van der Waals surface area (Å²) in [5, 5.41) is 4.43. The van der Waals surface area contributed by atoms with E-state index in [1.807, 2.05) is 24.3 Å². The maximum Gasteiger partial charge on any atom is 0.242 e. The van der Waals surface area contributed by atoms with Gasteiger partial charge in [-0.1, -0.05) is 36.4 Å². The van der Waals surface area contributed by atoms with Gasteiger partial charge in [-0.3, -0.25) is 4.79 Å². The van der Waals surface area contributed by atoms with E-state index in [1.165, 1.54) is 20.1 Å². The average Bonchev–Trinajstić information content (AvgIpc) is 2.67. The number of nitrogens with one attached hydrogen (secondary N) is 2. The quantitative estimate of drug-likeness (QED) is 0.684. The van der Waals surface area contributed by atoms with Crippen LogP contribution in [0.25, 0.3) is 10.8 Å². The lowest BCUT2D eigenvalue weighted by Gasteiger charge is -2.15. The van der Waals surface area contributed by atoms with E-state index < -0.39 is 22.0 Å². The van der Waals surface area contributed by atoms with Gasteiger partial charge < -0.3 is 10.1 Å². The molecule has 3 rings (SSSR count). The first-order chi connectivity index (χ1) is 12.9. The molecule has 3 aromatic carbocycles. The fraction of sp³-hybridized carbons (Fsp3) is 0.150. The topological polar surface area (TPSA) is 84.5 Å². The molecule has 0 spiro atoms. The predicted octanol–water partition coefficient (Wildman–Crippen LogP) is 3.15. The monoisotopic (exact) mass is 384 g/mol. The van der Waals surface area contributed by atoms with Crippen molar-refractivity contribution >= 4 is 32.4 Å². The molecule has 7 heteroatoms. The molecule has 27 heavy (non-hydrogen) atoms. The van der Waals surface area contributed by atoms with Gasteiger partial charge in [0.05, 0.1) is 18.0 Å². The largest absolute Gasteiger partial charge is 0.497 e. The molecule has 0 heterocycles. The van der Waals surface area contributed by atoms with Crippen LogP contribution < -0.4 is 14.8 Å². The fourth-order valence-corrected chi connectivity index (χ4v) is 3.88. The zero-order chi connectivity index (χ0) is 19.4. The van der Waals surface area contributed by atoms with Crippen molar-refractivity contribution < 1.29 is 17.9 Å². The molecule has 0 aliphatic heterocycles. The van der Waals surface area contributed by atoms with E-state index in [0.717, 1.165) is 10.8 Å². The molecule has 0 aromatic heterocycles. The van der Waals surface area contributed by atoms with Crippen LogP contribution in [0.1, 0.15) is 6.92 Å². The molecule has 0 bridgehead atoms. The molecule has 1 atom stereocenters. The van der Waals surface area contributed by atoms with E-state index in [1.54, 1.807) is 36.4 Å². The number of benzene rings is 3. The molecule has 0 fully saturated rings. The molecule has 2 N–H and O–H groups in total. The van der Waals surface area contributed by atoms with E-state index in [-0.39, 0.29) is 4.90 Å². The number of sulfonamides is 1. The summed E-state index contributed by atoms with van der Waals surface area (Å²) < 4.78 is 32.8. The highest BCUT2D eigenvalue weighted by Gasteiger charge is 2.22. The van der Waals surface area contributed by atoms with Crippen LogP contribution in [-0.4, -0.2) is 27.5 Å². The van der Waals surface area contributed by atoms with Crippen molar-refractivity contribution in [2.75, 3.05) is 12.4 Å². The maximum atomic E-state index is 12.6. The number of anilines is 1. The third-order valence-electron chi connectivity index (χ3n) is 4.09. The van der Waals surface area contributed by atoms with Gasteiger partial charge in [-0.2, -0.15) is 4.72 Å². The van der Waals surface area contributed by atoms with Gasteiger partial charge in [-0.15, -0.1) is 0 Å². The van der Waals surface area contributed by atoms with Crippen LogP contribution in [0.4, 0.5) is 5.69 Å². The molecular weight excluding hydrogens is 364 g/mol. The normalized spacial score (nSPS) is 12.5. The highest BCUT2D eigenvalue weighted by molar-refractivity contribution is 7.89. The van der Waals surface area contributed by atoms with E-state index in [0.29, 0.717) is 11.4 Å². The predicted molar refractivity (Wildman–Crippen MR) is 105 cm³/mol. The Morgan fingerprint density at radius 2 is 1.70 bits per heavy atom. The Labute approximate surface area is 158 Å². The van der Waals surface area contributed by atoms with E-state index >= 15 is 0 Å². The number of carbonyl (C=O) groups is 1. The summed E-state index contributed by atoms with van der Waals surface area (Å²) in [6, 6.07) is 18.2. The summed E-state index contributed by atoms with van der Waals surface area (Å²) in [6.07, 6.45) is 0. The van der Waals surface area contributed by atoms with Gasteiger partial charge in [0.1, 0.15) is 5.75 Å². The summed E-state index contributed by atoms with van der Waals surface area (Å²) in [6.45, 7) is 1.49. The molecule has 0 aliphatic rings. The maximum absolute atomic E-state index is 12.6. The first kappa shape index (κ1) is 18.9. The van der Waals surface area contributed by atoms with Crippen LogP contribution in [-0.2, 0) is 14.8 Å². The van der Waals surface area contributed by atoms with Crippen molar-refractivity contribution in [3.8, 4) is 5.75 Å². The van der Waals surface area contributed by atoms with E-state index in [4.69, 9.17) is 4.74 Å². The summed E-state index contributed by atoms with van der Waals surface area (Å²) >= 11 is 0. The minimum absolute atomic E-state index is 0.113. The minimum atomic E-state index is -3.84. The van der Waals surface area contributed by atoms with Crippen molar-refractivity contribution in [3.63, 3.8) is 0 Å². The number of hydrogen-bond donors (Lipinski definition) is 2. The Kier molecular flexibility index (Phi) is 5.43. The second-order valence-corrected chi connectivity index (χ2v) is 7.79. The molecule has 0 radical (unpaired) electrons. The number of rotatable bonds is 6. The molecule has 0 saturated heterocycles. The Morgan fingerprint density at radius 1 is 0.963 bits per heavy atom. The first-order valence-electron chi connectivity index (χ1n) is 8.35. The molecule has 1 amide bonds. The Balaban J connectivity index is 1.74. The van der Waals surface area contributed by atoms with Gasteiger partial charge in [0.15, 0.2) is 0 Å². The first-order valence-corrected chi connectivity index (χ1v) is 9.83. The van der Waals surface area contributed by atoms with Crippen LogP contribution in [0.15, 0.2) is 71.6 Å². The number of methoxy groups -OCH3 is 1. The third-order valence-corrected chi connectivity index (χ3v) is 5.63. The highest BCUT2D eigenvalue weighted by Crippen LogP contribution is 2.20. The van der Waals surface area contributed by atoms with Crippen molar-refractivity contribution in [3.05, 3.63) is 66.7 Å². The number of ether oxygens (including phenoxy) is 1. The van der Waals surface area contributed by atoms with Gasteiger partial charge in [-0.05, 0) is 42.0 Å². The lowest BCUT2D eigenvalue weighted by Crippen LogP contribution is -2.41. The second kappa shape index (κ2) is 7.77. The molecule has 3 aromatic rings. The number of carbonyl (C=O) groups excluding carboxylic acids is 1. The lowest BCUT2D eigenvalue weighted by atomic mass is 10.1. The molecule has 0 saturated carbocycles. The van der Waals surface area contributed by atoms with Gasteiger partial charge >= 0.3 is 0 Å². The molecule has 140 valence electrons. The van der Waals surface area contributed by atoms with Crippen molar-refractivity contribution in [2.45, 2.75) is 17.9 Å². The number of amides is 1. The summed E-state index contributed by atoms with van der Waals surface area (Å²) in [7, 11) is -2.31. The standard InChI is InChI=1S/C20H20N2O4S/c1-14(20(23)21-17-8-5-9-18(13-17)26-2)22-27(24,25)19-11-10-15-6-3-4-7-16(15)12-19/h3-14,22H,1-2H3,(H,21,23)/t14-/m0/s1. The Hall–Kier alpha value is -2.90. The molecule has 0 aliphatic carbocycles. The third kappa shape index (κ3) is 4.45. The van der Waals surface area contributed by atoms with E-state index in [2.05, 4.69) is 10.0 Å². The fourth-order valence-electron chi connectivity index (χ4n) is 2.64. The zero-order valence-electron chi connectivity index (χ0n) is 15.0. The van der Waals surface area contributed by atoms with Crippen molar-refractivity contribution in [2.24, 2.45) is 0 Å². The molecule has 6 nitrogen and oxygen atoms in total. The highest BCUT2D eigenvalue weighted by atomic mass is 32.2. The van der Waals surface area contributed by atoms with Crippen LogP contribution in [0.5, 0.6) is 5.75 Å². The zero-order valence-corrected chi connectivity index (χ0v) is 15.8. The second-order valence-electron chi connectivity index (χ2n) is 6.07. The SMILES string of the molecule is COc1cccc(NC(=O)[C@H](C)NS(=O)(=O)c2ccc3ccccc3c2)c1. The Morgan fingerprint density at radius 3 is 2.44 bits per heavy atom. The van der Waals surface area contributed by atoms with Crippen LogP contribution in [0, 0.1) is 0 Å². The van der Waals surface area contributed by atoms with Gasteiger partial charge in [-0.25, -0.2) is 8.42 Å². The smallest absolute Gasteiger partial charge is 0.242 e. The average molecular weight is 384 g/mol. The van der Waals surface area contributed by atoms with Gasteiger partial charge in [0.2, 0.25) is 15.9 Å². The summed E-state index contributed by atoms with van der Waals surface area (Å²) in [5.74, 6) is 0.129. The summed E-state index contributed by atoms with van der Waals surface area (Å²) in [4.78, 5) is 12.5. The number of hydrogen-bond acceptors (Lipinski definition) is 4.